The van der Waals surface area contributed by atoms with Crippen molar-refractivity contribution in [2.45, 2.75) is 116 Å². The molecule has 27 heavy (non-hydrogen) atoms. The molecule has 0 heterocycles. The van der Waals surface area contributed by atoms with Crippen molar-refractivity contribution in [1.29, 1.82) is 0 Å². The van der Waals surface area contributed by atoms with Crippen molar-refractivity contribution in [3.05, 3.63) is 5.21 Å². The fraction of sp³-hybridized carbons (Fsp3) is 0.957. The van der Waals surface area contributed by atoms with Crippen LogP contribution in [0.25, 0.3) is 0 Å². The van der Waals surface area contributed by atoms with E-state index >= 15 is 0 Å². The lowest BCUT2D eigenvalue weighted by molar-refractivity contribution is -0.765. The third-order valence-corrected chi connectivity index (χ3v) is 5.33. The minimum atomic E-state index is -0.165. The molecule has 0 saturated carbocycles. The second-order valence-electron chi connectivity index (χ2n) is 8.45. The number of unbranched alkanes of at least 4 members (excludes halogenated alkanes) is 14. The van der Waals surface area contributed by atoms with Gasteiger partial charge in [0.1, 0.15) is 0 Å². The number of hydroxylamine groups is 2. The summed E-state index contributed by atoms with van der Waals surface area (Å²) in [6.07, 6.45) is 21.0. The molecule has 0 aliphatic heterocycles. The highest BCUT2D eigenvalue weighted by molar-refractivity contribution is 5.66. The summed E-state index contributed by atoms with van der Waals surface area (Å²) in [5.74, 6) is -0.150. The third kappa shape index (κ3) is 20.1. The fourth-order valence-electron chi connectivity index (χ4n) is 3.49. The zero-order valence-corrected chi connectivity index (χ0v) is 18.7. The van der Waals surface area contributed by atoms with E-state index in [0.717, 1.165) is 25.8 Å². The molecular weight excluding hydrogens is 336 g/mol. The highest BCUT2D eigenvalue weighted by Gasteiger charge is 2.10. The highest BCUT2D eigenvalue weighted by Crippen LogP contribution is 2.13. The van der Waals surface area contributed by atoms with E-state index in [1.54, 1.807) is 0 Å². The zero-order valence-electron chi connectivity index (χ0n) is 18.7. The molecule has 0 saturated heterocycles. The number of amides is 1. The van der Waals surface area contributed by atoms with Gasteiger partial charge in [-0.25, -0.2) is 4.79 Å². The van der Waals surface area contributed by atoms with E-state index < -0.39 is 0 Å². The number of rotatable bonds is 20. The first-order valence-electron chi connectivity index (χ1n) is 11.8. The Bertz CT molecular complexity index is 322. The van der Waals surface area contributed by atoms with Crippen LogP contribution in [0.5, 0.6) is 0 Å². The predicted octanol–water partition coefficient (Wildman–Crippen LogP) is 5.11. The highest BCUT2D eigenvalue weighted by atomic mass is 16.5. The summed E-state index contributed by atoms with van der Waals surface area (Å²) in [6.45, 7) is 3.56. The zero-order chi connectivity index (χ0) is 20.2. The Morgan fingerprint density at radius 2 is 1.11 bits per heavy atom. The van der Waals surface area contributed by atoms with Crippen LogP contribution in [-0.2, 0) is 4.79 Å². The number of nitrogens with zero attached hydrogens (tertiary/aromatic N) is 1. The SMILES string of the molecule is CCCCCCCCCCCCCCCCCC(=O)[NH+]([O-])CCCN(C)C. The quantitative estimate of drug-likeness (QED) is 0.234. The molecule has 0 aromatic heterocycles. The number of nitrogens with one attached hydrogen (secondary N) is 1. The maximum atomic E-state index is 11.8. The minimum absolute atomic E-state index is 0.150. The van der Waals surface area contributed by atoms with E-state index in [1.807, 2.05) is 19.0 Å². The van der Waals surface area contributed by atoms with Gasteiger partial charge in [-0.2, -0.15) is 0 Å². The maximum absolute atomic E-state index is 11.8. The minimum Gasteiger partial charge on any atom is -0.627 e. The molecule has 0 radical (unpaired) electrons. The monoisotopic (exact) mass is 384 g/mol. The second kappa shape index (κ2) is 20.3. The molecular formula is C23H48N2O2. The van der Waals surface area contributed by atoms with Gasteiger partial charge in [-0.1, -0.05) is 96.8 Å². The van der Waals surface area contributed by atoms with Crippen LogP contribution in [0.15, 0.2) is 0 Å². The first-order chi connectivity index (χ1) is 13.1. The van der Waals surface area contributed by atoms with Gasteiger partial charge in [-0.3, -0.25) is 0 Å². The Kier molecular flexibility index (Phi) is 20.0. The molecule has 4 nitrogen and oxygen atoms in total. The van der Waals surface area contributed by atoms with Gasteiger partial charge >= 0.3 is 5.91 Å². The van der Waals surface area contributed by atoms with Crippen LogP contribution in [0.1, 0.15) is 116 Å². The van der Waals surface area contributed by atoms with E-state index in [-0.39, 0.29) is 11.0 Å². The lowest BCUT2D eigenvalue weighted by atomic mass is 10.0. The van der Waals surface area contributed by atoms with Crippen LogP contribution in [-0.4, -0.2) is 38.0 Å². The van der Waals surface area contributed by atoms with E-state index in [0.29, 0.717) is 13.0 Å². The van der Waals surface area contributed by atoms with Crippen LogP contribution >= 0.6 is 0 Å². The van der Waals surface area contributed by atoms with Gasteiger partial charge in [0.05, 0.1) is 13.0 Å². The number of carbonyl (C=O) groups excluding carboxylic acids is 1. The van der Waals surface area contributed by atoms with Crippen LogP contribution in [0.3, 0.4) is 0 Å². The summed E-state index contributed by atoms with van der Waals surface area (Å²) in [4.78, 5) is 13.8. The Hall–Kier alpha value is -0.450. The lowest BCUT2D eigenvalue weighted by Crippen LogP contribution is -3.10. The molecule has 0 rings (SSSR count). The first kappa shape index (κ1) is 26.6. The van der Waals surface area contributed by atoms with Crippen molar-refractivity contribution < 1.29 is 9.86 Å². The van der Waals surface area contributed by atoms with Crippen molar-refractivity contribution in [1.82, 2.24) is 4.90 Å². The van der Waals surface area contributed by atoms with Crippen LogP contribution in [0.2, 0.25) is 0 Å². The molecule has 0 aromatic rings. The van der Waals surface area contributed by atoms with Crippen molar-refractivity contribution in [2.24, 2.45) is 0 Å². The van der Waals surface area contributed by atoms with Crippen LogP contribution in [0.4, 0.5) is 0 Å². The molecule has 1 unspecified atom stereocenters. The second-order valence-corrected chi connectivity index (χ2v) is 8.45. The Morgan fingerprint density at radius 1 is 0.704 bits per heavy atom. The van der Waals surface area contributed by atoms with Gasteiger partial charge in [0, 0.05) is 13.0 Å². The summed E-state index contributed by atoms with van der Waals surface area (Å²) in [5.41, 5.74) is 0. The molecule has 1 amide bonds. The first-order valence-corrected chi connectivity index (χ1v) is 11.8. The van der Waals surface area contributed by atoms with E-state index in [2.05, 4.69) is 6.92 Å². The Balaban J connectivity index is 3.25. The smallest absolute Gasteiger partial charge is 0.312 e. The third-order valence-electron chi connectivity index (χ3n) is 5.33. The topological polar surface area (TPSA) is 47.8 Å². The fourth-order valence-corrected chi connectivity index (χ4v) is 3.49. The van der Waals surface area contributed by atoms with Crippen LogP contribution < -0.4 is 5.06 Å². The van der Waals surface area contributed by atoms with Crippen molar-refractivity contribution in [3.63, 3.8) is 0 Å². The van der Waals surface area contributed by atoms with E-state index in [4.69, 9.17) is 0 Å². The number of hydrogen-bond donors (Lipinski definition) is 1. The van der Waals surface area contributed by atoms with E-state index in [1.165, 1.54) is 83.5 Å². The molecule has 0 aromatic carbocycles. The molecule has 1 N–H and O–H groups in total. The normalized spacial score (nSPS) is 12.6. The average molecular weight is 385 g/mol. The van der Waals surface area contributed by atoms with Crippen LogP contribution in [0, 0.1) is 5.21 Å². The number of quaternary nitrogens is 1. The number of hydrogen-bond acceptors (Lipinski definition) is 3. The van der Waals surface area contributed by atoms with Gasteiger partial charge in [-0.15, -0.1) is 0 Å². The Labute approximate surface area is 169 Å². The van der Waals surface area contributed by atoms with Gasteiger partial charge in [0.2, 0.25) is 0 Å². The molecule has 0 spiro atoms. The maximum Gasteiger partial charge on any atom is 0.312 e. The molecule has 4 heteroatoms. The van der Waals surface area contributed by atoms with Crippen molar-refractivity contribution in [3.8, 4) is 0 Å². The number of carbonyl (C=O) groups is 1. The average Bonchev–Trinajstić information content (AvgIpc) is 2.64. The van der Waals surface area contributed by atoms with Gasteiger partial charge in [0.25, 0.3) is 0 Å². The molecule has 162 valence electrons. The van der Waals surface area contributed by atoms with Crippen molar-refractivity contribution in [2.75, 3.05) is 27.2 Å². The van der Waals surface area contributed by atoms with Gasteiger partial charge in [-0.05, 0) is 20.5 Å². The summed E-state index contributed by atoms with van der Waals surface area (Å²) in [6, 6.07) is 0. The molecule has 1 atom stereocenters. The molecule has 0 aliphatic carbocycles. The Morgan fingerprint density at radius 3 is 1.52 bits per heavy atom. The summed E-state index contributed by atoms with van der Waals surface area (Å²) < 4.78 is 0. The molecule has 0 fully saturated rings. The molecule has 0 aliphatic rings. The van der Waals surface area contributed by atoms with E-state index in [9.17, 15) is 10.0 Å². The summed E-state index contributed by atoms with van der Waals surface area (Å²) in [5, 5.41) is 11.6. The summed E-state index contributed by atoms with van der Waals surface area (Å²) in [7, 11) is 3.98. The lowest BCUT2D eigenvalue weighted by Gasteiger charge is -2.20. The van der Waals surface area contributed by atoms with Gasteiger partial charge < -0.3 is 15.2 Å². The molecule has 0 bridgehead atoms. The largest absolute Gasteiger partial charge is 0.627 e. The summed E-state index contributed by atoms with van der Waals surface area (Å²) >= 11 is 0. The van der Waals surface area contributed by atoms with Crippen molar-refractivity contribution >= 4 is 5.91 Å². The van der Waals surface area contributed by atoms with Gasteiger partial charge in [0.15, 0.2) is 0 Å². The standard InChI is InChI=1S/C23H48N2O2/c1-4-5-6-7-8-9-10-11-12-13-14-15-16-17-18-20-23(26)25(27)22-19-21-24(2)3/h25H,4-22H2,1-3H3. The predicted molar refractivity (Wildman–Crippen MR) is 117 cm³/mol.